The van der Waals surface area contributed by atoms with E-state index in [1.165, 1.54) is 88.4 Å². The molecule has 0 spiro atoms. The lowest BCUT2D eigenvalue weighted by atomic mass is 9.82. The molecule has 1 aliphatic carbocycles. The highest BCUT2D eigenvalue weighted by atomic mass is 15.0. The van der Waals surface area contributed by atoms with Gasteiger partial charge >= 0.3 is 0 Å². The Hall–Kier alpha value is -5.86. The Morgan fingerprint density at radius 3 is 1.70 bits per heavy atom. The number of rotatable bonds is 3. The van der Waals surface area contributed by atoms with Crippen molar-refractivity contribution in [2.45, 2.75) is 19.3 Å². The largest absolute Gasteiger partial charge is 0.309 e. The van der Waals surface area contributed by atoms with E-state index in [4.69, 9.17) is 0 Å². The molecule has 0 atom stereocenters. The second kappa shape index (κ2) is 9.57. The highest BCUT2D eigenvalue weighted by molar-refractivity contribution is 6.13. The van der Waals surface area contributed by atoms with Crippen molar-refractivity contribution in [3.8, 4) is 33.6 Å². The molecule has 0 amide bonds. The summed E-state index contributed by atoms with van der Waals surface area (Å²) in [6.07, 6.45) is 0. The van der Waals surface area contributed by atoms with Crippen LogP contribution in [0.3, 0.4) is 0 Å². The minimum absolute atomic E-state index is 0.0579. The van der Waals surface area contributed by atoms with E-state index in [2.05, 4.69) is 181 Å². The summed E-state index contributed by atoms with van der Waals surface area (Å²) in [5.74, 6) is 0. The average Bonchev–Trinajstić information content (AvgIpc) is 3.70. The first-order valence-electron chi connectivity index (χ1n) is 16.4. The Morgan fingerprint density at radius 2 is 0.915 bits per heavy atom. The van der Waals surface area contributed by atoms with Gasteiger partial charge in [0.05, 0.1) is 22.1 Å². The number of aromatic nitrogens is 2. The molecule has 2 heteroatoms. The first kappa shape index (κ1) is 26.4. The molecule has 0 N–H and O–H groups in total. The topological polar surface area (TPSA) is 9.86 Å². The maximum Gasteiger partial charge on any atom is 0.0547 e. The normalized spacial score (nSPS) is 13.5. The molecule has 7 aromatic carbocycles. The predicted molar refractivity (Wildman–Crippen MR) is 198 cm³/mol. The smallest absolute Gasteiger partial charge is 0.0547 e. The van der Waals surface area contributed by atoms with Crippen LogP contribution < -0.4 is 0 Å². The first-order valence-corrected chi connectivity index (χ1v) is 16.4. The third kappa shape index (κ3) is 3.67. The van der Waals surface area contributed by atoms with Crippen LogP contribution in [-0.4, -0.2) is 9.13 Å². The molecular formula is C45H32N2. The van der Waals surface area contributed by atoms with Crippen LogP contribution in [0.1, 0.15) is 25.0 Å². The summed E-state index contributed by atoms with van der Waals surface area (Å²) in [5.41, 5.74) is 15.2. The highest BCUT2D eigenvalue weighted by Crippen LogP contribution is 2.51. The number of hydrogen-bond acceptors (Lipinski definition) is 0. The van der Waals surface area contributed by atoms with Crippen LogP contribution in [0.25, 0.3) is 77.2 Å². The minimum Gasteiger partial charge on any atom is -0.309 e. The summed E-state index contributed by atoms with van der Waals surface area (Å²) < 4.78 is 4.84. The summed E-state index contributed by atoms with van der Waals surface area (Å²) in [7, 11) is 0. The van der Waals surface area contributed by atoms with Crippen LogP contribution in [0, 0.1) is 0 Å². The second-order valence-electron chi connectivity index (χ2n) is 13.4. The molecule has 9 aromatic rings. The van der Waals surface area contributed by atoms with Gasteiger partial charge in [-0.3, -0.25) is 0 Å². The summed E-state index contributed by atoms with van der Waals surface area (Å²) in [6, 6.07) is 58.1. The second-order valence-corrected chi connectivity index (χ2v) is 13.4. The van der Waals surface area contributed by atoms with Crippen molar-refractivity contribution >= 4 is 43.6 Å². The zero-order valence-electron chi connectivity index (χ0n) is 26.4. The highest BCUT2D eigenvalue weighted by Gasteiger charge is 2.36. The molecular weight excluding hydrogens is 569 g/mol. The Labute approximate surface area is 273 Å². The molecule has 0 fully saturated rings. The van der Waals surface area contributed by atoms with E-state index in [1.807, 2.05) is 0 Å². The first-order chi connectivity index (χ1) is 23.1. The Kier molecular flexibility index (Phi) is 5.37. The molecule has 0 saturated carbocycles. The van der Waals surface area contributed by atoms with Crippen LogP contribution in [0.5, 0.6) is 0 Å². The molecule has 0 radical (unpaired) electrons. The van der Waals surface area contributed by atoms with E-state index in [0.29, 0.717) is 0 Å². The molecule has 0 bridgehead atoms. The molecule has 0 aliphatic heterocycles. The number of benzene rings is 7. The minimum atomic E-state index is -0.0579. The van der Waals surface area contributed by atoms with Crippen molar-refractivity contribution in [1.29, 1.82) is 0 Å². The van der Waals surface area contributed by atoms with Crippen molar-refractivity contribution in [3.05, 3.63) is 169 Å². The SMILES string of the molecule is CC1(C)c2ccccc2-c2cc3c4ccc(-c5ccc6c(c5)c5ccccc5n6-c5ccccc5)cc4n(-c4ccccc4)c3cc21. The third-order valence-electron chi connectivity index (χ3n) is 10.5. The molecule has 10 rings (SSSR count). The van der Waals surface area contributed by atoms with E-state index < -0.39 is 0 Å². The van der Waals surface area contributed by atoms with Gasteiger partial charge in [0.15, 0.2) is 0 Å². The summed E-state index contributed by atoms with van der Waals surface area (Å²) in [5, 5.41) is 5.11. The van der Waals surface area contributed by atoms with Gasteiger partial charge < -0.3 is 9.13 Å². The Balaban J connectivity index is 1.23. The lowest BCUT2D eigenvalue weighted by molar-refractivity contribution is 0.661. The van der Waals surface area contributed by atoms with Gasteiger partial charge in [-0.1, -0.05) is 111 Å². The molecule has 2 aromatic heterocycles. The fourth-order valence-electron chi connectivity index (χ4n) is 8.25. The zero-order chi connectivity index (χ0) is 31.3. The van der Waals surface area contributed by atoms with Gasteiger partial charge in [-0.25, -0.2) is 0 Å². The van der Waals surface area contributed by atoms with Crippen molar-refractivity contribution in [2.75, 3.05) is 0 Å². The Bertz CT molecular complexity index is 2690. The molecule has 0 saturated heterocycles. The molecule has 1 aliphatic rings. The average molecular weight is 601 g/mol. The van der Waals surface area contributed by atoms with Crippen LogP contribution in [0.2, 0.25) is 0 Å². The van der Waals surface area contributed by atoms with Gasteiger partial charge in [-0.15, -0.1) is 0 Å². The number of nitrogens with zero attached hydrogens (tertiary/aromatic N) is 2. The van der Waals surface area contributed by atoms with Crippen molar-refractivity contribution in [1.82, 2.24) is 9.13 Å². The van der Waals surface area contributed by atoms with Crippen molar-refractivity contribution in [2.24, 2.45) is 0 Å². The van der Waals surface area contributed by atoms with E-state index >= 15 is 0 Å². The van der Waals surface area contributed by atoms with Gasteiger partial charge in [0.25, 0.3) is 0 Å². The van der Waals surface area contributed by atoms with Crippen LogP contribution in [0.15, 0.2) is 158 Å². The molecule has 47 heavy (non-hydrogen) atoms. The number of para-hydroxylation sites is 3. The standard InChI is InChI=1S/C45H32N2/c1-45(2)39-19-11-9-17-33(39)36-27-38-35-23-21-30(26-43(35)47(44(38)28-40(36)45)32-15-7-4-8-16-32)29-22-24-42-37(25-29)34-18-10-12-20-41(34)46(42)31-13-5-3-6-14-31/h3-28H,1-2H3. The van der Waals surface area contributed by atoms with Crippen LogP contribution in [0.4, 0.5) is 0 Å². The van der Waals surface area contributed by atoms with Crippen molar-refractivity contribution < 1.29 is 0 Å². The quantitative estimate of drug-likeness (QED) is 0.191. The maximum atomic E-state index is 2.47. The lowest BCUT2D eigenvalue weighted by Crippen LogP contribution is -2.14. The Morgan fingerprint density at radius 1 is 0.362 bits per heavy atom. The number of fused-ring (bicyclic) bond motifs is 9. The summed E-state index contributed by atoms with van der Waals surface area (Å²) in [4.78, 5) is 0. The predicted octanol–water partition coefficient (Wildman–Crippen LogP) is 11.9. The molecule has 0 unspecified atom stereocenters. The van der Waals surface area contributed by atoms with Gasteiger partial charge in [-0.2, -0.15) is 0 Å². The monoisotopic (exact) mass is 600 g/mol. The molecule has 2 heterocycles. The molecule has 222 valence electrons. The maximum absolute atomic E-state index is 2.47. The zero-order valence-corrected chi connectivity index (χ0v) is 26.4. The van der Waals surface area contributed by atoms with E-state index in [-0.39, 0.29) is 5.41 Å². The van der Waals surface area contributed by atoms with E-state index in [0.717, 1.165) is 0 Å². The summed E-state index contributed by atoms with van der Waals surface area (Å²) >= 11 is 0. The third-order valence-corrected chi connectivity index (χ3v) is 10.5. The van der Waals surface area contributed by atoms with Gasteiger partial charge in [-0.05, 0) is 94.0 Å². The summed E-state index contributed by atoms with van der Waals surface area (Å²) in [6.45, 7) is 4.73. The van der Waals surface area contributed by atoms with Gasteiger partial charge in [0.2, 0.25) is 0 Å². The van der Waals surface area contributed by atoms with Crippen molar-refractivity contribution in [3.63, 3.8) is 0 Å². The van der Waals surface area contributed by atoms with Crippen LogP contribution >= 0.6 is 0 Å². The number of hydrogen-bond donors (Lipinski definition) is 0. The fourth-order valence-corrected chi connectivity index (χ4v) is 8.25. The van der Waals surface area contributed by atoms with Gasteiger partial charge in [0, 0.05) is 38.3 Å². The fraction of sp³-hybridized carbons (Fsp3) is 0.0667. The van der Waals surface area contributed by atoms with Gasteiger partial charge in [0.1, 0.15) is 0 Å². The van der Waals surface area contributed by atoms with E-state index in [9.17, 15) is 0 Å². The van der Waals surface area contributed by atoms with Crippen LogP contribution in [-0.2, 0) is 5.41 Å². The van der Waals surface area contributed by atoms with E-state index in [1.54, 1.807) is 0 Å². The lowest BCUT2D eigenvalue weighted by Gasteiger charge is -2.21. The molecule has 2 nitrogen and oxygen atoms in total.